The van der Waals surface area contributed by atoms with Crippen molar-refractivity contribution in [2.45, 2.75) is 6.92 Å². The lowest BCUT2D eigenvalue weighted by molar-refractivity contribution is 0.377. The topological polar surface area (TPSA) is 50.2 Å². The Morgan fingerprint density at radius 1 is 0.852 bits per heavy atom. The average Bonchev–Trinajstić information content (AvgIpc) is 2.68. The summed E-state index contributed by atoms with van der Waals surface area (Å²) in [6.07, 6.45) is 0.496. The van der Waals surface area contributed by atoms with Crippen molar-refractivity contribution in [3.8, 4) is 11.4 Å². The molecule has 0 aliphatic rings. The number of benzene rings is 2. The number of nitrogens with zero attached hydrogens (tertiary/aromatic N) is 3. The predicted molar refractivity (Wildman–Crippen MR) is 89.7 cm³/mol. The molecule has 138 valence electrons. The molecule has 4 nitrogen and oxygen atoms in total. The van der Waals surface area contributed by atoms with E-state index in [-0.39, 0.29) is 5.82 Å². The van der Waals surface area contributed by atoms with Crippen LogP contribution in [0.3, 0.4) is 0 Å². The second kappa shape index (κ2) is 7.48. The molecule has 1 N–H and O–H groups in total. The van der Waals surface area contributed by atoms with Crippen molar-refractivity contribution in [1.82, 2.24) is 9.97 Å². The van der Waals surface area contributed by atoms with Crippen LogP contribution in [-0.4, -0.2) is 16.2 Å². The summed E-state index contributed by atoms with van der Waals surface area (Å²) in [6, 6.07) is 10.5. The normalized spacial score (nSPS) is 11.2. The Bertz CT molecular complexity index is 993. The molecule has 1 heterocycles. The molecular formula is C18H11F5N4. The van der Waals surface area contributed by atoms with Gasteiger partial charge in [0.25, 0.3) is 0 Å². The standard InChI is InChI=1S/C18H11F5N4/c1-9-7-12(26-18(25-9)10-5-3-2-4-6-10)27-24-8-11-13(19)15(21)17(23)16(22)14(11)20/h2-8H,1H3,(H,25,26,27). The monoisotopic (exact) mass is 378 g/mol. The van der Waals surface area contributed by atoms with Crippen LogP contribution < -0.4 is 5.43 Å². The number of hydrogen-bond donors (Lipinski definition) is 1. The molecule has 0 spiro atoms. The first-order valence-corrected chi connectivity index (χ1v) is 7.60. The third-order valence-corrected chi connectivity index (χ3v) is 3.50. The first-order chi connectivity index (χ1) is 12.9. The lowest BCUT2D eigenvalue weighted by Crippen LogP contribution is -2.07. The van der Waals surface area contributed by atoms with Crippen molar-refractivity contribution in [1.29, 1.82) is 0 Å². The van der Waals surface area contributed by atoms with E-state index in [1.54, 1.807) is 31.2 Å². The van der Waals surface area contributed by atoms with E-state index in [0.717, 1.165) is 5.56 Å². The maximum absolute atomic E-state index is 13.6. The Morgan fingerprint density at radius 2 is 1.44 bits per heavy atom. The highest BCUT2D eigenvalue weighted by Crippen LogP contribution is 2.22. The van der Waals surface area contributed by atoms with E-state index in [2.05, 4.69) is 20.5 Å². The number of hydrogen-bond acceptors (Lipinski definition) is 4. The minimum Gasteiger partial charge on any atom is -0.261 e. The number of rotatable bonds is 4. The Balaban J connectivity index is 1.89. The van der Waals surface area contributed by atoms with Crippen LogP contribution in [-0.2, 0) is 0 Å². The van der Waals surface area contributed by atoms with E-state index in [9.17, 15) is 22.0 Å². The van der Waals surface area contributed by atoms with Gasteiger partial charge in [-0.15, -0.1) is 0 Å². The summed E-state index contributed by atoms with van der Waals surface area (Å²) in [7, 11) is 0. The van der Waals surface area contributed by atoms with E-state index < -0.39 is 34.6 Å². The third kappa shape index (κ3) is 3.76. The maximum Gasteiger partial charge on any atom is 0.200 e. The summed E-state index contributed by atoms with van der Waals surface area (Å²) in [5, 5.41) is 3.52. The molecule has 3 rings (SSSR count). The van der Waals surface area contributed by atoms with E-state index >= 15 is 0 Å². The SMILES string of the molecule is Cc1cc(NN=Cc2c(F)c(F)c(F)c(F)c2F)nc(-c2ccccc2)n1. The number of hydrazone groups is 1. The Morgan fingerprint density at radius 3 is 2.07 bits per heavy atom. The Kier molecular flexibility index (Phi) is 5.11. The molecule has 1 aromatic heterocycles. The summed E-state index contributed by atoms with van der Waals surface area (Å²) in [5.41, 5.74) is 2.55. The van der Waals surface area contributed by atoms with Gasteiger partial charge in [0, 0.05) is 17.3 Å². The van der Waals surface area contributed by atoms with Gasteiger partial charge < -0.3 is 0 Å². The second-order valence-corrected chi connectivity index (χ2v) is 5.44. The molecule has 2 aromatic carbocycles. The molecule has 0 saturated heterocycles. The molecule has 0 radical (unpaired) electrons. The van der Waals surface area contributed by atoms with Gasteiger partial charge in [-0.05, 0) is 6.92 Å². The van der Waals surface area contributed by atoms with Gasteiger partial charge in [0.1, 0.15) is 0 Å². The summed E-state index contributed by atoms with van der Waals surface area (Å²) in [4.78, 5) is 8.47. The lowest BCUT2D eigenvalue weighted by atomic mass is 10.2. The molecule has 0 fully saturated rings. The number of anilines is 1. The highest BCUT2D eigenvalue weighted by molar-refractivity contribution is 5.81. The zero-order valence-electron chi connectivity index (χ0n) is 13.8. The van der Waals surface area contributed by atoms with E-state index in [1.807, 2.05) is 6.07 Å². The molecule has 0 amide bonds. The van der Waals surface area contributed by atoms with Crippen LogP contribution in [0, 0.1) is 36.0 Å². The molecule has 9 heteroatoms. The summed E-state index contributed by atoms with van der Waals surface area (Å²) in [6.45, 7) is 1.70. The minimum absolute atomic E-state index is 0.182. The molecule has 0 aliphatic carbocycles. The molecule has 0 unspecified atom stereocenters. The quantitative estimate of drug-likeness (QED) is 0.237. The van der Waals surface area contributed by atoms with Gasteiger partial charge in [-0.3, -0.25) is 5.43 Å². The van der Waals surface area contributed by atoms with Crippen LogP contribution in [0.15, 0.2) is 41.5 Å². The predicted octanol–water partition coefficient (Wildman–Crippen LogP) is 4.59. The van der Waals surface area contributed by atoms with Gasteiger partial charge in [0.15, 0.2) is 34.9 Å². The van der Waals surface area contributed by atoms with Crippen molar-refractivity contribution >= 4 is 12.0 Å². The highest BCUT2D eigenvalue weighted by atomic mass is 19.2. The van der Waals surface area contributed by atoms with Gasteiger partial charge in [-0.1, -0.05) is 30.3 Å². The van der Waals surface area contributed by atoms with E-state index in [1.165, 1.54) is 6.07 Å². The average molecular weight is 378 g/mol. The fraction of sp³-hybridized carbons (Fsp3) is 0.0556. The fourth-order valence-corrected chi connectivity index (χ4v) is 2.24. The first kappa shape index (κ1) is 18.4. The van der Waals surface area contributed by atoms with Crippen molar-refractivity contribution in [2.24, 2.45) is 5.10 Å². The van der Waals surface area contributed by atoms with Crippen LogP contribution in [0.25, 0.3) is 11.4 Å². The second-order valence-electron chi connectivity index (χ2n) is 5.44. The summed E-state index contributed by atoms with van der Waals surface area (Å²) in [5.74, 6) is -9.69. The van der Waals surface area contributed by atoms with Crippen LogP contribution in [0.1, 0.15) is 11.3 Å². The van der Waals surface area contributed by atoms with Gasteiger partial charge in [-0.25, -0.2) is 31.9 Å². The van der Waals surface area contributed by atoms with Crippen molar-refractivity contribution < 1.29 is 22.0 Å². The molecule has 3 aromatic rings. The molecule has 0 aliphatic heterocycles. The van der Waals surface area contributed by atoms with Crippen LogP contribution >= 0.6 is 0 Å². The first-order valence-electron chi connectivity index (χ1n) is 7.60. The van der Waals surface area contributed by atoms with Crippen LogP contribution in [0.5, 0.6) is 0 Å². The van der Waals surface area contributed by atoms with E-state index in [0.29, 0.717) is 17.7 Å². The highest BCUT2D eigenvalue weighted by Gasteiger charge is 2.24. The van der Waals surface area contributed by atoms with Crippen molar-refractivity contribution in [3.05, 3.63) is 76.7 Å². The van der Waals surface area contributed by atoms with E-state index in [4.69, 9.17) is 0 Å². The van der Waals surface area contributed by atoms with Crippen LogP contribution in [0.4, 0.5) is 27.8 Å². The number of nitrogens with one attached hydrogen (secondary N) is 1. The fourth-order valence-electron chi connectivity index (χ4n) is 2.24. The summed E-state index contributed by atoms with van der Waals surface area (Å²) < 4.78 is 66.6. The summed E-state index contributed by atoms with van der Waals surface area (Å²) >= 11 is 0. The zero-order chi connectivity index (χ0) is 19.6. The molecule has 0 atom stereocenters. The largest absolute Gasteiger partial charge is 0.261 e. The lowest BCUT2D eigenvalue weighted by Gasteiger charge is -2.06. The molecule has 27 heavy (non-hydrogen) atoms. The zero-order valence-corrected chi connectivity index (χ0v) is 13.8. The number of aryl methyl sites for hydroxylation is 1. The van der Waals surface area contributed by atoms with Gasteiger partial charge in [-0.2, -0.15) is 5.10 Å². The van der Waals surface area contributed by atoms with Crippen molar-refractivity contribution in [3.63, 3.8) is 0 Å². The number of halogens is 5. The molecule has 0 bridgehead atoms. The van der Waals surface area contributed by atoms with Gasteiger partial charge in [0.2, 0.25) is 5.82 Å². The number of aromatic nitrogens is 2. The van der Waals surface area contributed by atoms with Gasteiger partial charge in [0.05, 0.1) is 11.8 Å². The smallest absolute Gasteiger partial charge is 0.200 e. The molecular weight excluding hydrogens is 367 g/mol. The van der Waals surface area contributed by atoms with Crippen LogP contribution in [0.2, 0.25) is 0 Å². The molecule has 0 saturated carbocycles. The third-order valence-electron chi connectivity index (χ3n) is 3.50. The van der Waals surface area contributed by atoms with Gasteiger partial charge >= 0.3 is 0 Å². The maximum atomic E-state index is 13.6. The van der Waals surface area contributed by atoms with Crippen molar-refractivity contribution in [2.75, 3.05) is 5.43 Å². The Hall–Kier alpha value is -3.36. The Labute approximate surface area is 150 Å². The minimum atomic E-state index is -2.23.